The van der Waals surface area contributed by atoms with Crippen molar-refractivity contribution < 1.29 is 9.21 Å². The van der Waals surface area contributed by atoms with Crippen LogP contribution in [0.1, 0.15) is 5.76 Å². The van der Waals surface area contributed by atoms with Crippen molar-refractivity contribution in [3.8, 4) is 23.1 Å². The number of hydrogen-bond acceptors (Lipinski definition) is 5. The average molecular weight is 593 g/mol. The average Bonchev–Trinajstić information content (AvgIpc) is 3.51. The molecule has 5 rings (SSSR count). The van der Waals surface area contributed by atoms with Crippen molar-refractivity contribution in [1.29, 1.82) is 5.26 Å². The lowest BCUT2D eigenvalue weighted by molar-refractivity contribution is -0.111. The van der Waals surface area contributed by atoms with Gasteiger partial charge in [-0.3, -0.25) is 14.2 Å². The summed E-state index contributed by atoms with van der Waals surface area (Å²) in [6.45, 7) is 0. The van der Waals surface area contributed by atoms with Crippen molar-refractivity contribution in [3.05, 3.63) is 125 Å². The third-order valence-electron chi connectivity index (χ3n) is 5.58. The van der Waals surface area contributed by atoms with E-state index in [4.69, 9.17) is 39.2 Å². The Morgan fingerprint density at radius 1 is 0.949 bits per heavy atom. The van der Waals surface area contributed by atoms with Gasteiger partial charge in [0.1, 0.15) is 22.3 Å². The maximum atomic E-state index is 13.6. The largest absolute Gasteiger partial charge is 0.457 e. The maximum Gasteiger partial charge on any atom is 0.273 e. The minimum atomic E-state index is -0.669. The van der Waals surface area contributed by atoms with Crippen LogP contribution in [0, 0.1) is 11.3 Å². The summed E-state index contributed by atoms with van der Waals surface area (Å²) in [4.78, 5) is 26.8. The van der Waals surface area contributed by atoms with Crippen LogP contribution >= 0.6 is 46.1 Å². The first kappa shape index (κ1) is 26.5. The van der Waals surface area contributed by atoms with Crippen LogP contribution < -0.4 is 20.1 Å². The number of thiazole rings is 1. The summed E-state index contributed by atoms with van der Waals surface area (Å²) < 4.78 is 7.73. The Balaban J connectivity index is 1.65. The normalized spacial score (nSPS) is 12.2. The van der Waals surface area contributed by atoms with Gasteiger partial charge in [0.25, 0.3) is 11.5 Å². The molecule has 0 saturated carbocycles. The molecule has 0 atom stereocenters. The molecule has 0 unspecified atom stereocenters. The monoisotopic (exact) mass is 591 g/mol. The van der Waals surface area contributed by atoms with Gasteiger partial charge in [-0.25, -0.2) is 0 Å². The van der Waals surface area contributed by atoms with E-state index in [0.29, 0.717) is 38.0 Å². The molecule has 0 aliphatic heterocycles. The molecule has 3 aromatic carbocycles. The van der Waals surface area contributed by atoms with E-state index in [2.05, 4.69) is 5.32 Å². The van der Waals surface area contributed by atoms with E-state index in [0.717, 1.165) is 16.9 Å². The van der Waals surface area contributed by atoms with Gasteiger partial charge < -0.3 is 9.73 Å². The molecule has 0 spiro atoms. The van der Waals surface area contributed by atoms with E-state index in [-0.39, 0.29) is 14.8 Å². The Morgan fingerprint density at radius 3 is 2.46 bits per heavy atom. The van der Waals surface area contributed by atoms with E-state index < -0.39 is 11.5 Å². The molecule has 0 fully saturated rings. The molecule has 2 heterocycles. The van der Waals surface area contributed by atoms with E-state index in [1.54, 1.807) is 84.9 Å². The van der Waals surface area contributed by atoms with E-state index >= 15 is 0 Å². The second-order valence-corrected chi connectivity index (χ2v) is 10.5. The first-order valence-corrected chi connectivity index (χ1v) is 13.3. The molecular weight excluding hydrogens is 577 g/mol. The van der Waals surface area contributed by atoms with Gasteiger partial charge in [-0.05, 0) is 60.7 Å². The predicted molar refractivity (Wildman–Crippen MR) is 156 cm³/mol. The van der Waals surface area contributed by atoms with E-state index in [9.17, 15) is 14.9 Å². The number of anilines is 1. The van der Waals surface area contributed by atoms with Crippen LogP contribution in [0.4, 0.5) is 5.69 Å². The van der Waals surface area contributed by atoms with Crippen LogP contribution in [0.25, 0.3) is 28.7 Å². The number of amides is 1. The maximum absolute atomic E-state index is 13.6. The summed E-state index contributed by atoms with van der Waals surface area (Å²) in [6.07, 6.45) is 1.57. The Kier molecular flexibility index (Phi) is 7.73. The lowest BCUT2D eigenvalue weighted by Crippen LogP contribution is -2.32. The van der Waals surface area contributed by atoms with Crippen molar-refractivity contribution in [2.45, 2.75) is 0 Å². The first-order valence-electron chi connectivity index (χ1n) is 11.4. The number of benzene rings is 3. The van der Waals surface area contributed by atoms with Crippen LogP contribution in [-0.4, -0.2) is 10.5 Å². The second kappa shape index (κ2) is 11.4. The third kappa shape index (κ3) is 5.70. The lowest BCUT2D eigenvalue weighted by atomic mass is 10.2. The Hall–Kier alpha value is -4.06. The molecule has 5 aromatic rings. The van der Waals surface area contributed by atoms with Gasteiger partial charge in [-0.1, -0.05) is 59.1 Å². The highest BCUT2D eigenvalue weighted by Gasteiger charge is 2.18. The second-order valence-electron chi connectivity index (χ2n) is 8.17. The number of carbonyl (C=O) groups excluding carboxylic acids is 1. The molecule has 1 amide bonds. The van der Waals surface area contributed by atoms with Crippen molar-refractivity contribution in [1.82, 2.24) is 4.57 Å². The van der Waals surface area contributed by atoms with Gasteiger partial charge >= 0.3 is 0 Å². The molecule has 0 aliphatic carbocycles. The summed E-state index contributed by atoms with van der Waals surface area (Å²) in [5.74, 6) is 0.269. The summed E-state index contributed by atoms with van der Waals surface area (Å²) in [5.41, 5.74) is 1.01. The van der Waals surface area contributed by atoms with Gasteiger partial charge in [0.05, 0.1) is 20.3 Å². The number of rotatable bonds is 5. The fraction of sp³-hybridized carbons (Fsp3) is 0. The molecule has 0 radical (unpaired) electrons. The van der Waals surface area contributed by atoms with E-state index in [1.807, 2.05) is 12.1 Å². The van der Waals surface area contributed by atoms with Gasteiger partial charge in [-0.2, -0.15) is 5.26 Å². The molecule has 2 aromatic heterocycles. The highest BCUT2D eigenvalue weighted by Crippen LogP contribution is 2.29. The summed E-state index contributed by atoms with van der Waals surface area (Å²) in [7, 11) is 0. The number of carbonyl (C=O) groups is 1. The summed E-state index contributed by atoms with van der Waals surface area (Å²) in [6, 6.07) is 25.9. The van der Waals surface area contributed by atoms with Gasteiger partial charge in [-0.15, -0.1) is 11.3 Å². The van der Waals surface area contributed by atoms with Crippen molar-refractivity contribution >= 4 is 69.4 Å². The number of aromatic nitrogens is 1. The molecule has 6 nitrogen and oxygen atoms in total. The third-order valence-corrected chi connectivity index (χ3v) is 7.64. The van der Waals surface area contributed by atoms with Gasteiger partial charge in [0.15, 0.2) is 5.57 Å². The zero-order valence-corrected chi connectivity index (χ0v) is 22.9. The Morgan fingerprint density at radius 2 is 1.74 bits per heavy atom. The van der Waals surface area contributed by atoms with Gasteiger partial charge in [0.2, 0.25) is 0 Å². The number of para-hydroxylation sites is 1. The number of nitrogens with zero attached hydrogens (tertiary/aromatic N) is 2. The SMILES string of the molecule is N#C/C(C(=O)Nc1cccc(Cl)c1)=c1/s/c(=C/c2ccc(-c3ccc(Cl)c(Cl)c3)o2)c(=O)n1-c1ccccc1. The molecular formula is C29H16Cl3N3O3S. The molecule has 39 heavy (non-hydrogen) atoms. The number of nitriles is 1. The number of hydrogen-bond donors (Lipinski definition) is 1. The van der Waals surface area contributed by atoms with Crippen LogP contribution in [0.15, 0.2) is 94.1 Å². The minimum absolute atomic E-state index is 0.177. The number of halogens is 3. The van der Waals surface area contributed by atoms with Crippen molar-refractivity contribution in [2.24, 2.45) is 0 Å². The summed E-state index contributed by atoms with van der Waals surface area (Å²) >= 11 is 19.2. The van der Waals surface area contributed by atoms with Crippen molar-refractivity contribution in [3.63, 3.8) is 0 Å². The van der Waals surface area contributed by atoms with Crippen LogP contribution in [-0.2, 0) is 4.79 Å². The zero-order chi connectivity index (χ0) is 27.5. The topological polar surface area (TPSA) is 88.0 Å². The molecule has 1 N–H and O–H groups in total. The number of furan rings is 1. The molecule has 0 saturated heterocycles. The Labute approximate surface area is 241 Å². The molecule has 10 heteroatoms. The Bertz CT molecular complexity index is 1940. The molecule has 192 valence electrons. The number of nitrogens with one attached hydrogen (secondary N) is 1. The van der Waals surface area contributed by atoms with Crippen LogP contribution in [0.2, 0.25) is 15.1 Å². The first-order chi connectivity index (χ1) is 18.8. The zero-order valence-electron chi connectivity index (χ0n) is 19.8. The van der Waals surface area contributed by atoms with Crippen LogP contribution in [0.3, 0.4) is 0 Å². The highest BCUT2D eigenvalue weighted by molar-refractivity contribution is 7.07. The summed E-state index contributed by atoms with van der Waals surface area (Å²) in [5, 5.41) is 13.9. The quantitative estimate of drug-likeness (QED) is 0.261. The van der Waals surface area contributed by atoms with Gasteiger partial charge in [0, 0.05) is 22.3 Å². The lowest BCUT2D eigenvalue weighted by Gasteiger charge is -2.06. The molecule has 0 aliphatic rings. The smallest absolute Gasteiger partial charge is 0.273 e. The highest BCUT2D eigenvalue weighted by atomic mass is 35.5. The predicted octanol–water partition coefficient (Wildman–Crippen LogP) is 6.26. The fourth-order valence-electron chi connectivity index (χ4n) is 3.78. The van der Waals surface area contributed by atoms with Crippen LogP contribution in [0.5, 0.6) is 0 Å². The molecule has 0 bridgehead atoms. The van der Waals surface area contributed by atoms with E-state index in [1.165, 1.54) is 4.57 Å². The van der Waals surface area contributed by atoms with Crippen molar-refractivity contribution in [2.75, 3.05) is 5.32 Å². The fourth-order valence-corrected chi connectivity index (χ4v) is 5.35. The minimum Gasteiger partial charge on any atom is -0.457 e. The standard InChI is InChI=1S/C29H16Cl3N3O3S/c30-18-5-4-6-19(14-18)34-27(36)22(16-33)29-35(20-7-2-1-3-8-20)28(37)26(39-29)15-21-10-12-25(38-21)17-9-11-23(31)24(32)13-17/h1-15H,(H,34,36)/b26-15+,29-22-.